The molecule has 0 spiro atoms. The lowest BCUT2D eigenvalue weighted by Gasteiger charge is -2.36. The Kier molecular flexibility index (Phi) is 4.00. The third-order valence-corrected chi connectivity index (χ3v) is 6.12. The van der Waals surface area contributed by atoms with Crippen LogP contribution in [0.3, 0.4) is 0 Å². The molecule has 11 heteroatoms. The lowest BCUT2D eigenvalue weighted by molar-refractivity contribution is -0.0328. The minimum atomic E-state index is -0.308. The van der Waals surface area contributed by atoms with Crippen LogP contribution in [0.2, 0.25) is 0 Å². The van der Waals surface area contributed by atoms with Crippen molar-refractivity contribution in [1.82, 2.24) is 29.6 Å². The van der Waals surface area contributed by atoms with E-state index in [0.29, 0.717) is 28.4 Å². The lowest BCUT2D eigenvalue weighted by Crippen LogP contribution is -2.52. The molecule has 0 unspecified atom stereocenters. The van der Waals surface area contributed by atoms with Crippen LogP contribution in [-0.2, 0) is 11.3 Å². The third-order valence-electron chi connectivity index (χ3n) is 6.12. The average molecular weight is 422 g/mol. The number of amides is 1. The second-order valence-corrected chi connectivity index (χ2v) is 8.24. The Labute approximate surface area is 176 Å². The second kappa shape index (κ2) is 6.77. The monoisotopic (exact) mass is 422 g/mol. The molecule has 31 heavy (non-hydrogen) atoms. The van der Waals surface area contributed by atoms with Crippen LogP contribution in [0.5, 0.6) is 0 Å². The van der Waals surface area contributed by atoms with E-state index in [4.69, 9.17) is 4.74 Å². The number of nitrogens with one attached hydrogen (secondary N) is 3. The number of hydrogen-bond donors (Lipinski definition) is 3. The summed E-state index contributed by atoms with van der Waals surface area (Å²) < 4.78 is 8.98. The van der Waals surface area contributed by atoms with E-state index in [1.54, 1.807) is 23.9 Å². The molecule has 6 rings (SSSR count). The molecule has 3 N–H and O–H groups in total. The predicted octanol–water partition coefficient (Wildman–Crippen LogP) is 1.73. The van der Waals surface area contributed by atoms with Crippen molar-refractivity contribution in [1.29, 1.82) is 0 Å². The SMILES string of the molecule is CNc1cc2nc3c1ncn3C(=O)N[C@@H]1CC[C@H]1OCc1cc(nn(C3CC3)c1=O)N2. The number of nitrogens with zero attached hydrogens (tertiary/aromatic N) is 5. The van der Waals surface area contributed by atoms with Gasteiger partial charge in [-0.3, -0.25) is 4.79 Å². The summed E-state index contributed by atoms with van der Waals surface area (Å²) in [5.41, 5.74) is 2.16. The van der Waals surface area contributed by atoms with Gasteiger partial charge in [-0.05, 0) is 31.7 Å². The van der Waals surface area contributed by atoms with Gasteiger partial charge in [-0.1, -0.05) is 0 Å². The van der Waals surface area contributed by atoms with E-state index in [-0.39, 0.29) is 36.4 Å². The number of anilines is 3. The Bertz CT molecular complexity index is 1260. The first-order valence-corrected chi connectivity index (χ1v) is 10.5. The average Bonchev–Trinajstić information content (AvgIpc) is 3.50. The van der Waals surface area contributed by atoms with Crippen LogP contribution in [0.15, 0.2) is 23.3 Å². The van der Waals surface area contributed by atoms with Crippen molar-refractivity contribution >= 4 is 34.5 Å². The first-order chi connectivity index (χ1) is 15.1. The van der Waals surface area contributed by atoms with Gasteiger partial charge in [0.25, 0.3) is 5.56 Å². The highest BCUT2D eigenvalue weighted by molar-refractivity contribution is 5.94. The molecular weight excluding hydrogens is 400 g/mol. The molecule has 2 fully saturated rings. The van der Waals surface area contributed by atoms with Crippen LogP contribution in [0.4, 0.5) is 22.1 Å². The highest BCUT2D eigenvalue weighted by Gasteiger charge is 2.34. The molecule has 0 aromatic carbocycles. The van der Waals surface area contributed by atoms with E-state index >= 15 is 0 Å². The Balaban J connectivity index is 1.51. The van der Waals surface area contributed by atoms with Crippen LogP contribution in [0.25, 0.3) is 11.2 Å². The summed E-state index contributed by atoms with van der Waals surface area (Å²) in [4.78, 5) is 34.8. The topological polar surface area (TPSA) is 128 Å². The molecule has 1 aliphatic heterocycles. The van der Waals surface area contributed by atoms with Gasteiger partial charge in [-0.25, -0.2) is 24.0 Å². The van der Waals surface area contributed by atoms with E-state index in [1.807, 2.05) is 0 Å². The summed E-state index contributed by atoms with van der Waals surface area (Å²) in [6.45, 7) is 0.171. The number of aromatic nitrogens is 5. The maximum absolute atomic E-state index is 12.9. The van der Waals surface area contributed by atoms with Crippen molar-refractivity contribution in [2.45, 2.75) is 50.5 Å². The van der Waals surface area contributed by atoms with Crippen LogP contribution >= 0.6 is 0 Å². The molecule has 2 aliphatic carbocycles. The van der Waals surface area contributed by atoms with Gasteiger partial charge in [-0.15, -0.1) is 0 Å². The molecule has 160 valence electrons. The van der Waals surface area contributed by atoms with Gasteiger partial charge >= 0.3 is 6.03 Å². The third kappa shape index (κ3) is 3.03. The zero-order valence-corrected chi connectivity index (χ0v) is 17.0. The van der Waals surface area contributed by atoms with Crippen LogP contribution in [0, 0.1) is 0 Å². The predicted molar refractivity (Wildman–Crippen MR) is 113 cm³/mol. The minimum Gasteiger partial charge on any atom is -0.386 e. The van der Waals surface area contributed by atoms with Gasteiger partial charge in [0.15, 0.2) is 11.5 Å². The largest absolute Gasteiger partial charge is 0.386 e. The van der Waals surface area contributed by atoms with Crippen molar-refractivity contribution in [3.63, 3.8) is 0 Å². The van der Waals surface area contributed by atoms with Gasteiger partial charge < -0.3 is 20.7 Å². The van der Waals surface area contributed by atoms with E-state index in [9.17, 15) is 9.59 Å². The van der Waals surface area contributed by atoms with Crippen molar-refractivity contribution < 1.29 is 9.53 Å². The van der Waals surface area contributed by atoms with E-state index in [2.05, 4.69) is 31.0 Å². The fraction of sp³-hybridized carbons (Fsp3) is 0.450. The summed E-state index contributed by atoms with van der Waals surface area (Å²) in [6, 6.07) is 3.23. The molecule has 2 atom stereocenters. The molecule has 0 radical (unpaired) electrons. The van der Waals surface area contributed by atoms with E-state index in [0.717, 1.165) is 31.4 Å². The quantitative estimate of drug-likeness (QED) is 0.570. The maximum atomic E-state index is 12.9. The molecule has 3 aromatic rings. The molecule has 3 aromatic heterocycles. The standard InChI is InChI=1S/C20H22N8O3/c1-21-13-7-15-24-16-6-10(19(29)28(26-16)11-2-3-11)8-31-14-5-4-12(14)23-20(30)27-9-22-17(13)18(27)25-15/h6-7,9,11-12,14H,2-5,8H2,1H3,(H,23,30)(H2,21,24,25,26)/t12-,14-/m1/s1. The van der Waals surface area contributed by atoms with Crippen LogP contribution in [0.1, 0.15) is 37.3 Å². The molecule has 0 saturated heterocycles. The molecular formula is C20H22N8O3. The summed E-state index contributed by atoms with van der Waals surface area (Å²) in [7, 11) is 1.79. The minimum absolute atomic E-state index is 0.120. The Hall–Kier alpha value is -3.47. The number of pyridine rings is 1. The molecule has 2 saturated carbocycles. The number of ether oxygens (including phenoxy) is 1. The number of fused-ring (bicyclic) bond motifs is 4. The number of carbonyl (C=O) groups is 1. The Morgan fingerprint density at radius 2 is 2.03 bits per heavy atom. The van der Waals surface area contributed by atoms with Gasteiger partial charge in [0.2, 0.25) is 0 Å². The molecule has 3 aliphatic rings. The van der Waals surface area contributed by atoms with Gasteiger partial charge in [0.05, 0.1) is 30.5 Å². The van der Waals surface area contributed by atoms with Crippen LogP contribution in [-0.4, -0.2) is 49.5 Å². The number of rotatable bonds is 2. The first kappa shape index (κ1) is 18.3. The van der Waals surface area contributed by atoms with E-state index in [1.165, 1.54) is 10.9 Å². The van der Waals surface area contributed by atoms with Crippen LogP contribution < -0.4 is 21.5 Å². The van der Waals surface area contributed by atoms with Crippen molar-refractivity contribution in [2.24, 2.45) is 0 Å². The smallest absolute Gasteiger partial charge is 0.328 e. The van der Waals surface area contributed by atoms with Gasteiger partial charge in [0, 0.05) is 18.7 Å². The van der Waals surface area contributed by atoms with Gasteiger partial charge in [-0.2, -0.15) is 5.10 Å². The normalized spacial score (nSPS) is 22.8. The number of hydrogen-bond acceptors (Lipinski definition) is 8. The second-order valence-electron chi connectivity index (χ2n) is 8.24. The summed E-state index contributed by atoms with van der Waals surface area (Å²) in [5.74, 6) is 1.00. The fourth-order valence-corrected chi connectivity index (χ4v) is 4.08. The highest BCUT2D eigenvalue weighted by Crippen LogP contribution is 2.34. The molecule has 11 nitrogen and oxygen atoms in total. The summed E-state index contributed by atoms with van der Waals surface area (Å²) in [5, 5.41) is 13.8. The Morgan fingerprint density at radius 1 is 1.16 bits per heavy atom. The molecule has 4 bridgehead atoms. The van der Waals surface area contributed by atoms with Crippen molar-refractivity contribution in [3.05, 3.63) is 34.4 Å². The summed E-state index contributed by atoms with van der Waals surface area (Å²) >= 11 is 0. The number of carbonyl (C=O) groups excluding carboxylic acids is 1. The molecule has 4 heterocycles. The zero-order valence-electron chi connectivity index (χ0n) is 17.0. The maximum Gasteiger partial charge on any atom is 0.328 e. The summed E-state index contributed by atoms with van der Waals surface area (Å²) in [6.07, 6.45) is 4.87. The first-order valence-electron chi connectivity index (χ1n) is 10.5. The lowest BCUT2D eigenvalue weighted by atomic mass is 9.89. The van der Waals surface area contributed by atoms with Crippen molar-refractivity contribution in [3.8, 4) is 0 Å². The van der Waals surface area contributed by atoms with Gasteiger partial charge in [0.1, 0.15) is 17.7 Å². The van der Waals surface area contributed by atoms with E-state index < -0.39 is 0 Å². The van der Waals surface area contributed by atoms with Crippen molar-refractivity contribution in [2.75, 3.05) is 17.7 Å². The molecule has 1 amide bonds. The Morgan fingerprint density at radius 3 is 2.77 bits per heavy atom. The number of imidazole rings is 1. The fourth-order valence-electron chi connectivity index (χ4n) is 4.08. The zero-order chi connectivity index (χ0) is 21.1. The highest BCUT2D eigenvalue weighted by atomic mass is 16.5.